The molecule has 24 rings (SSSR count). The Hall–Kier alpha value is -16.8. The van der Waals surface area contributed by atoms with Crippen LogP contribution in [0.5, 0.6) is 0 Å². The van der Waals surface area contributed by atoms with Crippen LogP contribution in [-0.2, 0) is 0 Å². The van der Waals surface area contributed by atoms with E-state index in [1.807, 2.05) is 74.0 Å². The molecule has 0 saturated carbocycles. The van der Waals surface area contributed by atoms with Crippen LogP contribution in [0.3, 0.4) is 0 Å². The molecule has 0 radical (unpaired) electrons. The Morgan fingerprint density at radius 2 is 0.472 bits per heavy atom. The van der Waals surface area contributed by atoms with Crippen molar-refractivity contribution in [1.82, 2.24) is 58.6 Å². The second-order valence-corrected chi connectivity index (χ2v) is 30.6. The number of benzene rings is 12. The van der Waals surface area contributed by atoms with Crippen LogP contribution < -0.4 is 0 Å². The van der Waals surface area contributed by atoms with Gasteiger partial charge in [-0.1, -0.05) is 212 Å². The number of para-hydroxylation sites is 3. The summed E-state index contributed by atoms with van der Waals surface area (Å²) in [6.07, 6.45) is 22.4. The maximum atomic E-state index is 5.13. The Bertz CT molecular complexity index is 7610. The zero-order chi connectivity index (χ0) is 81.5. The van der Waals surface area contributed by atoms with Crippen molar-refractivity contribution in [3.05, 3.63) is 438 Å². The minimum absolute atomic E-state index is 0.900. The standard InChI is InChI=1S/3C37H24N4/c1-2-10-30-26(7-1)8-5-12-31(30)35-22-28(21-34(40-35)27-9-6-19-38-23-27)25-14-16-29(17-15-25)41-36-13-4-3-11-32(36)33-24-39-20-18-37(33)41;1-2-10-30-25(7-1)8-5-12-31(30)28-21-34(40-35(22-28)27-9-6-19-38-23-27)26-14-16-29(17-15-26)41-36-13-4-3-11-32(36)33-24-39-20-18-37(33)41;1-2-7-27-20-28(12-11-25(27)6-1)34-21-30(22-35(40-34)29-8-5-18-38-23-29)26-13-15-31(16-14-26)41-36-10-4-3-9-32(36)33-24-39-19-17-37(33)41/h3*1-24H. The Balaban J connectivity index is 0.000000110. The van der Waals surface area contributed by atoms with Gasteiger partial charge < -0.3 is 13.7 Å². The fraction of sp³-hybridized carbons (Fsp3) is 0. The first kappa shape index (κ1) is 72.6. The third kappa shape index (κ3) is 13.8. The number of hydrogen-bond acceptors (Lipinski definition) is 9. The first-order valence-electron chi connectivity index (χ1n) is 41.0. The largest absolute Gasteiger partial charge is 0.309 e. The highest BCUT2D eigenvalue weighted by Gasteiger charge is 2.20. The third-order valence-electron chi connectivity index (χ3n) is 23.3. The molecule has 0 aliphatic carbocycles. The average molecular weight is 1570 g/mol. The molecule has 12 aromatic carbocycles. The zero-order valence-electron chi connectivity index (χ0n) is 66.4. The van der Waals surface area contributed by atoms with E-state index in [4.69, 9.17) is 15.0 Å². The predicted octanol–water partition coefficient (Wildman–Crippen LogP) is 27.4. The van der Waals surface area contributed by atoms with Crippen molar-refractivity contribution < 1.29 is 0 Å². The molecule has 0 saturated heterocycles. The van der Waals surface area contributed by atoms with Gasteiger partial charge in [0.25, 0.3) is 0 Å². The summed E-state index contributed by atoms with van der Waals surface area (Å²) in [7, 11) is 0. The molecule has 0 unspecified atom stereocenters. The minimum atomic E-state index is 0.900. The van der Waals surface area contributed by atoms with Crippen molar-refractivity contribution in [3.63, 3.8) is 0 Å². The molecule has 12 heterocycles. The van der Waals surface area contributed by atoms with Crippen molar-refractivity contribution in [2.45, 2.75) is 0 Å². The Labute approximate surface area is 708 Å². The van der Waals surface area contributed by atoms with Crippen LogP contribution in [0.25, 0.3) is 216 Å². The summed E-state index contributed by atoms with van der Waals surface area (Å²) in [5.41, 5.74) is 28.8. The molecule has 123 heavy (non-hydrogen) atoms. The molecule has 0 N–H and O–H groups in total. The predicted molar refractivity (Wildman–Crippen MR) is 504 cm³/mol. The molecule has 0 aliphatic heterocycles. The molecular formula is C111H72N12. The lowest BCUT2D eigenvalue weighted by Gasteiger charge is -2.13. The second kappa shape index (κ2) is 31.6. The summed E-state index contributed by atoms with van der Waals surface area (Å²) in [4.78, 5) is 41.5. The van der Waals surface area contributed by atoms with Crippen LogP contribution in [0.1, 0.15) is 0 Å². The number of fused-ring (bicyclic) bond motifs is 12. The number of pyridine rings is 9. The van der Waals surface area contributed by atoms with Gasteiger partial charge in [0.2, 0.25) is 0 Å². The van der Waals surface area contributed by atoms with Gasteiger partial charge in [-0.25, -0.2) is 15.0 Å². The van der Waals surface area contributed by atoms with Gasteiger partial charge in [-0.2, -0.15) is 0 Å². The maximum absolute atomic E-state index is 5.13. The highest BCUT2D eigenvalue weighted by Crippen LogP contribution is 2.41. The molecule has 0 amide bonds. The van der Waals surface area contributed by atoms with Crippen LogP contribution in [0.2, 0.25) is 0 Å². The summed E-state index contributed by atoms with van der Waals surface area (Å²) in [5, 5.41) is 14.3. The van der Waals surface area contributed by atoms with Gasteiger partial charge >= 0.3 is 0 Å². The third-order valence-corrected chi connectivity index (χ3v) is 23.3. The van der Waals surface area contributed by atoms with Crippen molar-refractivity contribution >= 4 is 97.7 Å². The molecule has 12 nitrogen and oxygen atoms in total. The van der Waals surface area contributed by atoms with Gasteiger partial charge in [0.05, 0.1) is 67.3 Å². The summed E-state index contributed by atoms with van der Waals surface area (Å²) in [5.74, 6) is 0. The van der Waals surface area contributed by atoms with Gasteiger partial charge in [-0.15, -0.1) is 0 Å². The van der Waals surface area contributed by atoms with Crippen LogP contribution in [0, 0.1) is 0 Å². The Morgan fingerprint density at radius 3 is 0.911 bits per heavy atom. The number of hydrogen-bond donors (Lipinski definition) is 0. The summed E-state index contributed by atoms with van der Waals surface area (Å²) >= 11 is 0. The van der Waals surface area contributed by atoms with E-state index in [2.05, 4.69) is 389 Å². The first-order valence-corrected chi connectivity index (χ1v) is 41.0. The average Bonchev–Trinajstić information content (AvgIpc) is 1.58. The van der Waals surface area contributed by atoms with Crippen molar-refractivity contribution in [2.24, 2.45) is 0 Å². The smallest absolute Gasteiger partial charge is 0.0731 e. The molecule has 12 aromatic heterocycles. The van der Waals surface area contributed by atoms with Gasteiger partial charge in [0.1, 0.15) is 0 Å². The first-order chi connectivity index (χ1) is 61.0. The van der Waals surface area contributed by atoms with E-state index < -0.39 is 0 Å². The summed E-state index contributed by atoms with van der Waals surface area (Å²) < 4.78 is 6.92. The lowest BCUT2D eigenvalue weighted by atomic mass is 9.96. The van der Waals surface area contributed by atoms with Crippen LogP contribution in [0.15, 0.2) is 438 Å². The van der Waals surface area contributed by atoms with E-state index in [1.54, 1.807) is 18.6 Å². The van der Waals surface area contributed by atoms with Gasteiger partial charge in [0, 0.05) is 157 Å². The van der Waals surface area contributed by atoms with Crippen molar-refractivity contribution in [1.29, 1.82) is 0 Å². The van der Waals surface area contributed by atoms with E-state index in [9.17, 15) is 0 Å². The number of rotatable bonds is 12. The van der Waals surface area contributed by atoms with E-state index in [0.29, 0.717) is 0 Å². The quantitative estimate of drug-likeness (QED) is 0.117. The topological polar surface area (TPSA) is 131 Å². The number of aromatic nitrogens is 12. The molecule has 12 heteroatoms. The second-order valence-electron chi connectivity index (χ2n) is 30.6. The molecule has 0 fully saturated rings. The Morgan fingerprint density at radius 1 is 0.154 bits per heavy atom. The monoisotopic (exact) mass is 1570 g/mol. The molecule has 576 valence electrons. The highest BCUT2D eigenvalue weighted by atomic mass is 15.0. The van der Waals surface area contributed by atoms with E-state index in [-0.39, 0.29) is 0 Å². The van der Waals surface area contributed by atoms with Gasteiger partial charge in [-0.05, 0) is 217 Å². The van der Waals surface area contributed by atoms with Gasteiger partial charge in [0.15, 0.2) is 0 Å². The lowest BCUT2D eigenvalue weighted by molar-refractivity contribution is 1.17. The van der Waals surface area contributed by atoms with E-state index >= 15 is 0 Å². The zero-order valence-corrected chi connectivity index (χ0v) is 66.4. The number of nitrogens with zero attached hydrogens (tertiary/aromatic N) is 12. The lowest BCUT2D eigenvalue weighted by Crippen LogP contribution is -1.95. The Kier molecular flexibility index (Phi) is 18.6. The fourth-order valence-electron chi connectivity index (χ4n) is 17.4. The fourth-order valence-corrected chi connectivity index (χ4v) is 17.4. The molecule has 0 bridgehead atoms. The normalized spacial score (nSPS) is 11.4. The van der Waals surface area contributed by atoms with Gasteiger partial charge in [-0.3, -0.25) is 29.9 Å². The molecule has 0 spiro atoms. The highest BCUT2D eigenvalue weighted by molar-refractivity contribution is 6.11. The maximum Gasteiger partial charge on any atom is 0.0731 e. The molecule has 0 atom stereocenters. The minimum Gasteiger partial charge on any atom is -0.309 e. The van der Waals surface area contributed by atoms with Crippen LogP contribution in [0.4, 0.5) is 0 Å². The summed E-state index contributed by atoms with van der Waals surface area (Å²) in [6, 6.07) is 128. The van der Waals surface area contributed by atoms with Crippen molar-refractivity contribution in [3.8, 4) is 118 Å². The van der Waals surface area contributed by atoms with E-state index in [1.165, 1.54) is 65.1 Å². The molecule has 24 aromatic rings. The molecule has 0 aliphatic rings. The van der Waals surface area contributed by atoms with Crippen molar-refractivity contribution in [2.75, 3.05) is 0 Å². The van der Waals surface area contributed by atoms with E-state index in [0.717, 1.165) is 151 Å². The van der Waals surface area contributed by atoms with Crippen LogP contribution in [-0.4, -0.2) is 58.6 Å². The van der Waals surface area contributed by atoms with Crippen LogP contribution >= 0.6 is 0 Å². The molecular weight excluding hydrogens is 1500 g/mol. The SMILES string of the molecule is c1cncc(-c2cc(-c3ccc(-n4c5ccccc5c5cnccc54)cc3)cc(-c3ccc4ccccc4c3)n2)c1.c1cncc(-c2cc(-c3ccc(-n4c5ccccc5c5cnccc54)cc3)cc(-c3cccc4ccccc34)n2)c1.c1cncc(-c2cc(-c3cccc4ccccc34)cc(-c3ccc(-n4c5ccccc5c5cnccc54)cc3)n2)c1. The summed E-state index contributed by atoms with van der Waals surface area (Å²) in [6.45, 7) is 0.